The van der Waals surface area contributed by atoms with Crippen molar-refractivity contribution in [3.8, 4) is 0 Å². The Hall–Kier alpha value is -0.660. The first-order chi connectivity index (χ1) is 4.56. The molecule has 0 aliphatic heterocycles. The van der Waals surface area contributed by atoms with Gasteiger partial charge in [-0.15, -0.1) is 6.58 Å². The van der Waals surface area contributed by atoms with Gasteiger partial charge in [0, 0.05) is 0 Å². The van der Waals surface area contributed by atoms with Gasteiger partial charge in [0.05, 0.1) is 12.1 Å². The van der Waals surface area contributed by atoms with E-state index < -0.39 is 0 Å². The van der Waals surface area contributed by atoms with Gasteiger partial charge in [-0.1, -0.05) is 6.08 Å². The Morgan fingerprint density at radius 3 is 2.40 bits per heavy atom. The fraction of sp³-hybridized carbons (Fsp3) is 0.750. The summed E-state index contributed by atoms with van der Waals surface area (Å²) in [5, 5.41) is 8.06. The first kappa shape index (κ1) is 9.34. The van der Waals surface area contributed by atoms with Crippen molar-refractivity contribution >= 4 is 0 Å². The van der Waals surface area contributed by atoms with E-state index in [1.807, 2.05) is 26.8 Å². The van der Waals surface area contributed by atoms with Crippen LogP contribution in [0, 0.1) is 0 Å². The van der Waals surface area contributed by atoms with Crippen LogP contribution in [0.2, 0.25) is 0 Å². The molecular formula is C8H16N2. The van der Waals surface area contributed by atoms with Crippen molar-refractivity contribution in [2.24, 2.45) is 10.2 Å². The number of nitrogens with zero attached hydrogens (tertiary/aromatic N) is 2. The maximum Gasteiger partial charge on any atom is 0.0732 e. The Morgan fingerprint density at radius 2 is 2.00 bits per heavy atom. The van der Waals surface area contributed by atoms with Crippen molar-refractivity contribution in [2.45, 2.75) is 32.7 Å². The maximum absolute atomic E-state index is 4.07. The normalized spacial score (nSPS) is 12.3. The summed E-state index contributed by atoms with van der Waals surface area (Å²) in [7, 11) is 0. The summed E-state index contributed by atoms with van der Waals surface area (Å²) in [6.45, 7) is 10.5. The lowest BCUT2D eigenvalue weighted by molar-refractivity contribution is 0.538. The topological polar surface area (TPSA) is 24.7 Å². The van der Waals surface area contributed by atoms with Crippen molar-refractivity contribution in [2.75, 3.05) is 6.54 Å². The minimum Gasteiger partial charge on any atom is -0.193 e. The second kappa shape index (κ2) is 4.20. The molecule has 0 aliphatic rings. The molecule has 0 heterocycles. The lowest BCUT2D eigenvalue weighted by Gasteiger charge is -2.08. The van der Waals surface area contributed by atoms with E-state index in [1.165, 1.54) is 0 Å². The number of rotatable bonds is 3. The van der Waals surface area contributed by atoms with Crippen LogP contribution < -0.4 is 0 Å². The zero-order valence-electron chi connectivity index (χ0n) is 7.09. The van der Waals surface area contributed by atoms with Gasteiger partial charge in [0.15, 0.2) is 0 Å². The minimum atomic E-state index is -0.0266. The molecule has 2 nitrogen and oxygen atoms in total. The SMILES string of the molecule is C=CCCN=NC(C)(C)C. The quantitative estimate of drug-likeness (QED) is 0.327. The third-order valence-electron chi connectivity index (χ3n) is 0.804. The molecule has 0 unspecified atom stereocenters. The van der Waals surface area contributed by atoms with Crippen molar-refractivity contribution in [1.82, 2.24) is 0 Å². The molecule has 0 spiro atoms. The van der Waals surface area contributed by atoms with E-state index in [4.69, 9.17) is 0 Å². The van der Waals surface area contributed by atoms with Crippen LogP contribution in [0.4, 0.5) is 0 Å². The van der Waals surface area contributed by atoms with E-state index in [1.54, 1.807) is 0 Å². The predicted octanol–water partition coefficient (Wildman–Crippen LogP) is 2.81. The van der Waals surface area contributed by atoms with E-state index in [9.17, 15) is 0 Å². The van der Waals surface area contributed by atoms with Crippen molar-refractivity contribution in [3.63, 3.8) is 0 Å². The Morgan fingerprint density at radius 1 is 1.40 bits per heavy atom. The molecule has 0 radical (unpaired) electrons. The first-order valence-corrected chi connectivity index (χ1v) is 3.56. The monoisotopic (exact) mass is 140 g/mol. The predicted molar refractivity (Wildman–Crippen MR) is 44.3 cm³/mol. The van der Waals surface area contributed by atoms with Gasteiger partial charge in [0.2, 0.25) is 0 Å². The molecule has 0 saturated carbocycles. The average Bonchev–Trinajstić information content (AvgIpc) is 1.78. The largest absolute Gasteiger partial charge is 0.193 e. The third-order valence-corrected chi connectivity index (χ3v) is 0.804. The van der Waals surface area contributed by atoms with Crippen LogP contribution in [-0.4, -0.2) is 12.1 Å². The number of hydrogen-bond donors (Lipinski definition) is 0. The average molecular weight is 140 g/mol. The van der Waals surface area contributed by atoms with Gasteiger partial charge in [-0.3, -0.25) is 0 Å². The molecule has 0 atom stereocenters. The van der Waals surface area contributed by atoms with Gasteiger partial charge in [-0.25, -0.2) is 0 Å². The van der Waals surface area contributed by atoms with E-state index in [-0.39, 0.29) is 5.54 Å². The van der Waals surface area contributed by atoms with Gasteiger partial charge in [0.1, 0.15) is 0 Å². The van der Waals surface area contributed by atoms with Crippen molar-refractivity contribution in [1.29, 1.82) is 0 Å². The third kappa shape index (κ3) is 7.34. The van der Waals surface area contributed by atoms with Gasteiger partial charge < -0.3 is 0 Å². The summed E-state index contributed by atoms with van der Waals surface area (Å²) in [5.41, 5.74) is -0.0266. The highest BCUT2D eigenvalue weighted by Crippen LogP contribution is 2.06. The molecule has 0 amide bonds. The fourth-order valence-corrected chi connectivity index (χ4v) is 0.411. The van der Waals surface area contributed by atoms with Crippen molar-refractivity contribution in [3.05, 3.63) is 12.7 Å². The van der Waals surface area contributed by atoms with Crippen LogP contribution in [0.15, 0.2) is 22.9 Å². The molecule has 0 aromatic carbocycles. The van der Waals surface area contributed by atoms with Crippen LogP contribution in [-0.2, 0) is 0 Å². The lowest BCUT2D eigenvalue weighted by atomic mass is 10.1. The van der Waals surface area contributed by atoms with Crippen LogP contribution in [0.1, 0.15) is 27.2 Å². The molecule has 0 aromatic rings. The summed E-state index contributed by atoms with van der Waals surface area (Å²) in [4.78, 5) is 0. The van der Waals surface area contributed by atoms with E-state index in [2.05, 4.69) is 16.8 Å². The summed E-state index contributed by atoms with van der Waals surface area (Å²) < 4.78 is 0. The second-order valence-electron chi connectivity index (χ2n) is 3.21. The maximum atomic E-state index is 4.07. The Labute approximate surface area is 63.1 Å². The van der Waals surface area contributed by atoms with Crippen molar-refractivity contribution < 1.29 is 0 Å². The summed E-state index contributed by atoms with van der Waals surface area (Å²) in [6.07, 6.45) is 2.77. The van der Waals surface area contributed by atoms with E-state index in [0.29, 0.717) is 0 Å². The van der Waals surface area contributed by atoms with E-state index in [0.717, 1.165) is 13.0 Å². The first-order valence-electron chi connectivity index (χ1n) is 3.56. The molecule has 10 heavy (non-hydrogen) atoms. The zero-order valence-corrected chi connectivity index (χ0v) is 7.09. The molecule has 0 bridgehead atoms. The molecular weight excluding hydrogens is 124 g/mol. The van der Waals surface area contributed by atoms with Gasteiger partial charge in [-0.05, 0) is 27.2 Å². The minimum absolute atomic E-state index is 0.0266. The zero-order chi connectivity index (χ0) is 8.04. The molecule has 58 valence electrons. The standard InChI is InChI=1S/C8H16N2/c1-5-6-7-9-10-8(2,3)4/h5H,1,6-7H2,2-4H3. The number of hydrogen-bond acceptors (Lipinski definition) is 2. The van der Waals surface area contributed by atoms with Crippen LogP contribution in [0.3, 0.4) is 0 Å². The second-order valence-corrected chi connectivity index (χ2v) is 3.21. The highest BCUT2D eigenvalue weighted by atomic mass is 15.1. The Bertz CT molecular complexity index is 120. The Kier molecular flexibility index (Phi) is 3.93. The molecule has 0 fully saturated rings. The van der Waals surface area contributed by atoms with E-state index >= 15 is 0 Å². The van der Waals surface area contributed by atoms with Crippen LogP contribution in [0.5, 0.6) is 0 Å². The molecule has 0 rings (SSSR count). The highest BCUT2D eigenvalue weighted by molar-refractivity contribution is 4.69. The van der Waals surface area contributed by atoms with Gasteiger partial charge in [0.25, 0.3) is 0 Å². The lowest BCUT2D eigenvalue weighted by Crippen LogP contribution is -2.07. The number of azo groups is 1. The Balaban J connectivity index is 3.46. The van der Waals surface area contributed by atoms with Gasteiger partial charge >= 0.3 is 0 Å². The summed E-state index contributed by atoms with van der Waals surface area (Å²) in [6, 6.07) is 0. The highest BCUT2D eigenvalue weighted by Gasteiger charge is 2.05. The molecule has 2 heteroatoms. The van der Waals surface area contributed by atoms with Gasteiger partial charge in [-0.2, -0.15) is 10.2 Å². The summed E-state index contributed by atoms with van der Waals surface area (Å²) >= 11 is 0. The fourth-order valence-electron chi connectivity index (χ4n) is 0.411. The molecule has 0 saturated heterocycles. The summed E-state index contributed by atoms with van der Waals surface area (Å²) in [5.74, 6) is 0. The van der Waals surface area contributed by atoms with Crippen LogP contribution in [0.25, 0.3) is 0 Å². The molecule has 0 aromatic heterocycles. The molecule has 0 N–H and O–H groups in total. The van der Waals surface area contributed by atoms with Crippen LogP contribution >= 0.6 is 0 Å². The molecule has 0 aliphatic carbocycles. The smallest absolute Gasteiger partial charge is 0.0732 e.